The Labute approximate surface area is 89.0 Å². The second-order valence-electron chi connectivity index (χ2n) is 2.42. The Bertz CT molecular complexity index is 286. The van der Waals surface area contributed by atoms with E-state index in [-0.39, 0.29) is 0 Å². The zero-order chi connectivity index (χ0) is 11.7. The van der Waals surface area contributed by atoms with Gasteiger partial charge >= 0.3 is 0 Å². The monoisotopic (exact) mass is 240 g/mol. The van der Waals surface area contributed by atoms with Gasteiger partial charge in [-0.1, -0.05) is 0 Å². The first-order valence-electron chi connectivity index (χ1n) is 4.16. The average Bonchev–Trinajstić information content (AvgIpc) is 2.45. The van der Waals surface area contributed by atoms with Crippen LogP contribution in [0, 0.1) is 0 Å². The Kier molecular flexibility index (Phi) is 7.22. The van der Waals surface area contributed by atoms with Gasteiger partial charge in [0, 0.05) is 6.42 Å². The highest BCUT2D eigenvalue weighted by molar-refractivity contribution is 7.80. The molecule has 0 spiro atoms. The van der Waals surface area contributed by atoms with Crippen LogP contribution < -0.4 is 0 Å². The van der Waals surface area contributed by atoms with E-state index in [9.17, 15) is 13.0 Å². The van der Waals surface area contributed by atoms with Gasteiger partial charge in [-0.2, -0.15) is 0 Å². The highest BCUT2D eigenvalue weighted by Crippen LogP contribution is 1.94. The molecule has 0 saturated carbocycles. The number of methoxy groups -OCH3 is 1. The molecule has 0 aromatic heterocycles. The fourth-order valence-electron chi connectivity index (χ4n) is 0.742. The van der Waals surface area contributed by atoms with Crippen LogP contribution >= 0.6 is 0 Å². The molecular formula is C7H14NO6S-. The Hall–Kier alpha value is -0.700. The van der Waals surface area contributed by atoms with Gasteiger partial charge in [0.15, 0.2) is 5.90 Å². The Morgan fingerprint density at radius 1 is 1.40 bits per heavy atom. The first-order valence-corrected chi connectivity index (χ1v) is 5.49. The number of aliphatic imine (C=N–C) groups is 1. The summed E-state index contributed by atoms with van der Waals surface area (Å²) in [5.41, 5.74) is 0. The van der Waals surface area contributed by atoms with Crippen LogP contribution in [0.5, 0.6) is 0 Å². The molecule has 1 aliphatic heterocycles. The van der Waals surface area contributed by atoms with Crippen LogP contribution in [-0.2, 0) is 24.1 Å². The van der Waals surface area contributed by atoms with Crippen LogP contribution in [0.2, 0.25) is 0 Å². The lowest BCUT2D eigenvalue weighted by molar-refractivity contribution is 0.152. The second-order valence-corrected chi connectivity index (χ2v) is 3.57. The normalized spacial score (nSPS) is 16.9. The lowest BCUT2D eigenvalue weighted by atomic mass is 10.4. The summed E-state index contributed by atoms with van der Waals surface area (Å²) < 4.78 is 41.1. The van der Waals surface area contributed by atoms with E-state index in [4.69, 9.17) is 9.47 Å². The summed E-state index contributed by atoms with van der Waals surface area (Å²) in [7, 11) is -1.96. The molecule has 0 fully saturated rings. The van der Waals surface area contributed by atoms with Crippen LogP contribution in [0.3, 0.4) is 0 Å². The molecule has 15 heavy (non-hydrogen) atoms. The van der Waals surface area contributed by atoms with E-state index in [0.717, 1.165) is 39.2 Å². The zero-order valence-corrected chi connectivity index (χ0v) is 9.45. The molecule has 0 atom stereocenters. The first kappa shape index (κ1) is 14.3. The molecule has 0 saturated heterocycles. The van der Waals surface area contributed by atoms with Crippen molar-refractivity contribution in [3.63, 3.8) is 0 Å². The highest BCUT2D eigenvalue weighted by Gasteiger charge is 2.01. The third-order valence-corrected chi connectivity index (χ3v) is 1.83. The van der Waals surface area contributed by atoms with Crippen molar-refractivity contribution < 1.29 is 26.6 Å². The first-order chi connectivity index (χ1) is 6.99. The summed E-state index contributed by atoms with van der Waals surface area (Å²) in [5, 5.41) is 0. The third-order valence-electron chi connectivity index (χ3n) is 1.42. The summed E-state index contributed by atoms with van der Waals surface area (Å²) in [6.45, 7) is 2.21. The van der Waals surface area contributed by atoms with E-state index in [1.54, 1.807) is 7.11 Å². The molecule has 0 aromatic carbocycles. The van der Waals surface area contributed by atoms with Crippen LogP contribution in [-0.4, -0.2) is 52.8 Å². The molecule has 1 aliphatic rings. The van der Waals surface area contributed by atoms with Gasteiger partial charge in [0.05, 0.1) is 34.0 Å². The van der Waals surface area contributed by atoms with Crippen molar-refractivity contribution in [2.75, 3.05) is 34.0 Å². The molecule has 0 aliphatic carbocycles. The van der Waals surface area contributed by atoms with Crippen molar-refractivity contribution >= 4 is 16.3 Å². The van der Waals surface area contributed by atoms with Gasteiger partial charge in [-0.25, -0.2) is 8.42 Å². The van der Waals surface area contributed by atoms with Crippen LogP contribution in [0.1, 0.15) is 6.42 Å². The van der Waals surface area contributed by atoms with E-state index < -0.39 is 10.4 Å². The Morgan fingerprint density at radius 3 is 2.47 bits per heavy atom. The lowest BCUT2D eigenvalue weighted by Crippen LogP contribution is -2.02. The minimum Gasteiger partial charge on any atom is -0.726 e. The number of ether oxygens (including phenoxy) is 2. The van der Waals surface area contributed by atoms with E-state index in [1.807, 2.05) is 0 Å². The number of rotatable bonds is 1. The largest absolute Gasteiger partial charge is 0.726 e. The molecule has 0 N–H and O–H groups in total. The van der Waals surface area contributed by atoms with Gasteiger partial charge in [-0.15, -0.1) is 0 Å². The van der Waals surface area contributed by atoms with Crippen molar-refractivity contribution in [2.45, 2.75) is 6.42 Å². The average molecular weight is 240 g/mol. The maximum Gasteiger partial charge on any atom is 0.217 e. The summed E-state index contributed by atoms with van der Waals surface area (Å²) in [6, 6.07) is 0. The molecule has 0 radical (unpaired) electrons. The maximum absolute atomic E-state index is 9.22. The second kappa shape index (κ2) is 7.57. The molecule has 0 unspecified atom stereocenters. The van der Waals surface area contributed by atoms with Gasteiger partial charge in [-0.05, 0) is 0 Å². The maximum atomic E-state index is 9.22. The molecule has 0 amide bonds. The minimum atomic E-state index is -4.41. The highest BCUT2D eigenvalue weighted by atomic mass is 32.3. The molecule has 7 nitrogen and oxygen atoms in total. The molecule has 8 heteroatoms. The summed E-state index contributed by atoms with van der Waals surface area (Å²) in [5.74, 6) is 0.812. The van der Waals surface area contributed by atoms with Crippen molar-refractivity contribution in [1.29, 1.82) is 0 Å². The molecule has 90 valence electrons. The van der Waals surface area contributed by atoms with E-state index >= 15 is 0 Å². The van der Waals surface area contributed by atoms with Crippen molar-refractivity contribution in [3.8, 4) is 0 Å². The van der Waals surface area contributed by atoms with E-state index in [1.165, 1.54) is 0 Å². The predicted octanol–water partition coefficient (Wildman–Crippen LogP) is -0.455. The van der Waals surface area contributed by atoms with Crippen LogP contribution in [0.4, 0.5) is 0 Å². The van der Waals surface area contributed by atoms with Crippen molar-refractivity contribution in [2.24, 2.45) is 4.99 Å². The third kappa shape index (κ3) is 9.60. The standard InChI is InChI=1S/C6H11NO2.CH4O4S/c1-8-6-2-4-9-5-3-7-6;1-5-6(2,3)4/h2-5H2,1H3;1H3,(H,2,3,4)/p-1. The summed E-state index contributed by atoms with van der Waals surface area (Å²) in [6.07, 6.45) is 0.816. The van der Waals surface area contributed by atoms with Gasteiger partial charge < -0.3 is 14.0 Å². The Balaban J connectivity index is 0.000000288. The quantitative estimate of drug-likeness (QED) is 0.454. The molecular weight excluding hydrogens is 226 g/mol. The molecule has 1 heterocycles. The molecule has 1 rings (SSSR count). The summed E-state index contributed by atoms with van der Waals surface area (Å²) in [4.78, 5) is 4.11. The van der Waals surface area contributed by atoms with Gasteiger partial charge in [0.2, 0.25) is 10.4 Å². The van der Waals surface area contributed by atoms with Crippen LogP contribution in [0.25, 0.3) is 0 Å². The number of nitrogens with zero attached hydrogens (tertiary/aromatic N) is 1. The van der Waals surface area contributed by atoms with E-state index in [2.05, 4.69) is 9.18 Å². The van der Waals surface area contributed by atoms with Crippen LogP contribution in [0.15, 0.2) is 4.99 Å². The van der Waals surface area contributed by atoms with Crippen molar-refractivity contribution in [3.05, 3.63) is 0 Å². The fourth-order valence-corrected chi connectivity index (χ4v) is 0.742. The minimum absolute atomic E-state index is 0.729. The smallest absolute Gasteiger partial charge is 0.217 e. The Morgan fingerprint density at radius 2 is 2.00 bits per heavy atom. The lowest BCUT2D eigenvalue weighted by Gasteiger charge is -1.98. The predicted molar refractivity (Wildman–Crippen MR) is 51.5 cm³/mol. The fraction of sp³-hybridized carbons (Fsp3) is 0.857. The topological polar surface area (TPSA) is 97.2 Å². The van der Waals surface area contributed by atoms with Gasteiger partial charge in [0.25, 0.3) is 0 Å². The number of hydrogen-bond donors (Lipinski definition) is 0. The van der Waals surface area contributed by atoms with E-state index in [0.29, 0.717) is 0 Å². The molecule has 0 aromatic rings. The van der Waals surface area contributed by atoms with Gasteiger partial charge in [-0.3, -0.25) is 9.18 Å². The SMILES string of the molecule is COC1=NCCOCC1.COS(=O)(=O)[O-]. The van der Waals surface area contributed by atoms with Gasteiger partial charge in [0.1, 0.15) is 0 Å². The molecule has 0 bridgehead atoms. The zero-order valence-electron chi connectivity index (χ0n) is 8.63. The van der Waals surface area contributed by atoms with Crippen molar-refractivity contribution in [1.82, 2.24) is 0 Å². The summed E-state index contributed by atoms with van der Waals surface area (Å²) >= 11 is 0. The number of hydrogen-bond acceptors (Lipinski definition) is 7.